The number of hydrogen-bond acceptors (Lipinski definition) is 3. The van der Waals surface area contributed by atoms with Crippen molar-refractivity contribution in [1.29, 1.82) is 0 Å². The molecule has 0 saturated carbocycles. The Bertz CT molecular complexity index is 564. The van der Waals surface area contributed by atoms with Gasteiger partial charge in [-0.3, -0.25) is 0 Å². The van der Waals surface area contributed by atoms with E-state index in [-0.39, 0.29) is 6.61 Å². The minimum absolute atomic E-state index is 0.132. The summed E-state index contributed by atoms with van der Waals surface area (Å²) in [5.41, 5.74) is 1.80. The maximum atomic E-state index is 9.49. The third-order valence-corrected chi connectivity index (χ3v) is 3.29. The lowest BCUT2D eigenvalue weighted by Gasteiger charge is -2.11. The van der Waals surface area contributed by atoms with Crippen LogP contribution < -0.4 is 4.74 Å². The van der Waals surface area contributed by atoms with E-state index in [1.165, 1.54) is 0 Å². The van der Waals surface area contributed by atoms with E-state index in [9.17, 15) is 5.11 Å². The van der Waals surface area contributed by atoms with E-state index < -0.39 is 6.10 Å². The standard InChI is InChI=1S/C16H17ClO3/c1-11(19)13-4-7-16(15(17)10-13)20-14-5-2-12(3-6-14)8-9-18/h2-7,10-11,18-19H,8-9H2,1H3. The Morgan fingerprint density at radius 3 is 2.40 bits per heavy atom. The summed E-state index contributed by atoms with van der Waals surface area (Å²) in [7, 11) is 0. The molecular weight excluding hydrogens is 276 g/mol. The predicted molar refractivity (Wildman–Crippen MR) is 79.4 cm³/mol. The Hall–Kier alpha value is -1.55. The fourth-order valence-electron chi connectivity index (χ4n) is 1.84. The second-order valence-corrected chi connectivity index (χ2v) is 4.99. The topological polar surface area (TPSA) is 49.7 Å². The summed E-state index contributed by atoms with van der Waals surface area (Å²) in [5.74, 6) is 1.23. The van der Waals surface area contributed by atoms with Crippen molar-refractivity contribution in [2.75, 3.05) is 6.61 Å². The van der Waals surface area contributed by atoms with Crippen LogP contribution in [0.5, 0.6) is 11.5 Å². The lowest BCUT2D eigenvalue weighted by molar-refractivity contribution is 0.199. The molecule has 0 aromatic heterocycles. The Morgan fingerprint density at radius 1 is 1.15 bits per heavy atom. The largest absolute Gasteiger partial charge is 0.456 e. The molecule has 2 aromatic rings. The molecule has 4 heteroatoms. The second kappa shape index (κ2) is 6.75. The molecule has 0 bridgehead atoms. The molecule has 0 saturated heterocycles. The first-order valence-electron chi connectivity index (χ1n) is 6.45. The second-order valence-electron chi connectivity index (χ2n) is 4.59. The Balaban J connectivity index is 2.13. The van der Waals surface area contributed by atoms with Crippen molar-refractivity contribution in [3.05, 3.63) is 58.6 Å². The molecule has 0 amide bonds. The number of halogens is 1. The highest BCUT2D eigenvalue weighted by Gasteiger charge is 2.07. The molecule has 106 valence electrons. The van der Waals surface area contributed by atoms with Gasteiger partial charge in [-0.15, -0.1) is 0 Å². The van der Waals surface area contributed by atoms with E-state index in [1.807, 2.05) is 24.3 Å². The molecule has 0 aliphatic rings. The Kier molecular flexibility index (Phi) is 5.01. The van der Waals surface area contributed by atoms with Crippen molar-refractivity contribution in [2.24, 2.45) is 0 Å². The van der Waals surface area contributed by atoms with Gasteiger partial charge in [-0.25, -0.2) is 0 Å². The lowest BCUT2D eigenvalue weighted by Crippen LogP contribution is -1.93. The molecule has 1 atom stereocenters. The maximum Gasteiger partial charge on any atom is 0.146 e. The Morgan fingerprint density at radius 2 is 1.85 bits per heavy atom. The minimum atomic E-state index is -0.556. The molecule has 0 aliphatic heterocycles. The molecule has 2 rings (SSSR count). The summed E-state index contributed by atoms with van der Waals surface area (Å²) in [4.78, 5) is 0. The quantitative estimate of drug-likeness (QED) is 0.883. The molecule has 2 N–H and O–H groups in total. The third-order valence-electron chi connectivity index (χ3n) is 2.99. The van der Waals surface area contributed by atoms with Gasteiger partial charge in [0.15, 0.2) is 0 Å². The summed E-state index contributed by atoms with van der Waals surface area (Å²) in [5, 5.41) is 18.8. The fourth-order valence-corrected chi connectivity index (χ4v) is 2.07. The monoisotopic (exact) mass is 292 g/mol. The van der Waals surface area contributed by atoms with Gasteiger partial charge in [-0.2, -0.15) is 0 Å². The molecule has 20 heavy (non-hydrogen) atoms. The average molecular weight is 293 g/mol. The summed E-state index contributed by atoms with van der Waals surface area (Å²) in [6, 6.07) is 12.7. The van der Waals surface area contributed by atoms with Crippen LogP contribution in [0, 0.1) is 0 Å². The van der Waals surface area contributed by atoms with Crippen LogP contribution in [0.25, 0.3) is 0 Å². The van der Waals surface area contributed by atoms with Crippen LogP contribution in [0.2, 0.25) is 5.02 Å². The lowest BCUT2D eigenvalue weighted by atomic mass is 10.1. The van der Waals surface area contributed by atoms with Crippen molar-refractivity contribution >= 4 is 11.6 Å². The molecule has 0 fully saturated rings. The minimum Gasteiger partial charge on any atom is -0.456 e. The fraction of sp³-hybridized carbons (Fsp3) is 0.250. The van der Waals surface area contributed by atoms with Gasteiger partial charge in [0.25, 0.3) is 0 Å². The van der Waals surface area contributed by atoms with E-state index in [0.29, 0.717) is 22.9 Å². The van der Waals surface area contributed by atoms with Gasteiger partial charge in [0.2, 0.25) is 0 Å². The SMILES string of the molecule is CC(O)c1ccc(Oc2ccc(CCO)cc2)c(Cl)c1. The van der Waals surface area contributed by atoms with Crippen LogP contribution in [0.15, 0.2) is 42.5 Å². The molecule has 3 nitrogen and oxygen atoms in total. The van der Waals surface area contributed by atoms with Gasteiger partial charge in [0.05, 0.1) is 11.1 Å². The van der Waals surface area contributed by atoms with Crippen molar-refractivity contribution in [1.82, 2.24) is 0 Å². The molecular formula is C16H17ClO3. The van der Waals surface area contributed by atoms with Crippen LogP contribution >= 0.6 is 11.6 Å². The number of benzene rings is 2. The highest BCUT2D eigenvalue weighted by Crippen LogP contribution is 2.31. The van der Waals surface area contributed by atoms with Gasteiger partial charge in [-0.05, 0) is 48.7 Å². The molecule has 2 aromatic carbocycles. The van der Waals surface area contributed by atoms with Crippen LogP contribution in [-0.2, 0) is 6.42 Å². The van der Waals surface area contributed by atoms with Gasteiger partial charge in [0, 0.05) is 6.61 Å². The molecule has 0 radical (unpaired) electrons. The van der Waals surface area contributed by atoms with Gasteiger partial charge >= 0.3 is 0 Å². The van der Waals surface area contributed by atoms with E-state index in [4.69, 9.17) is 21.4 Å². The number of ether oxygens (including phenoxy) is 1. The van der Waals surface area contributed by atoms with Crippen LogP contribution in [-0.4, -0.2) is 16.8 Å². The highest BCUT2D eigenvalue weighted by atomic mass is 35.5. The van der Waals surface area contributed by atoms with Crippen LogP contribution in [0.3, 0.4) is 0 Å². The van der Waals surface area contributed by atoms with Crippen molar-refractivity contribution in [3.63, 3.8) is 0 Å². The first-order chi connectivity index (χ1) is 9.60. The van der Waals surface area contributed by atoms with E-state index >= 15 is 0 Å². The first kappa shape index (κ1) is 14.9. The van der Waals surface area contributed by atoms with Gasteiger partial charge < -0.3 is 14.9 Å². The summed E-state index contributed by atoms with van der Waals surface area (Å²) in [6.45, 7) is 1.82. The van der Waals surface area contributed by atoms with E-state index in [2.05, 4.69) is 0 Å². The zero-order valence-electron chi connectivity index (χ0n) is 11.2. The van der Waals surface area contributed by atoms with Crippen LogP contribution in [0.1, 0.15) is 24.2 Å². The molecule has 0 aliphatic carbocycles. The van der Waals surface area contributed by atoms with Crippen molar-refractivity contribution in [3.8, 4) is 11.5 Å². The number of hydrogen-bond donors (Lipinski definition) is 2. The first-order valence-corrected chi connectivity index (χ1v) is 6.83. The van der Waals surface area contributed by atoms with Crippen molar-refractivity contribution < 1.29 is 14.9 Å². The molecule has 0 heterocycles. The maximum absolute atomic E-state index is 9.49. The summed E-state index contributed by atoms with van der Waals surface area (Å²) >= 11 is 6.14. The number of aliphatic hydroxyl groups excluding tert-OH is 2. The normalized spacial score (nSPS) is 12.2. The van der Waals surface area contributed by atoms with E-state index in [0.717, 1.165) is 11.1 Å². The summed E-state index contributed by atoms with van der Waals surface area (Å²) < 4.78 is 5.70. The third kappa shape index (κ3) is 3.73. The van der Waals surface area contributed by atoms with E-state index in [1.54, 1.807) is 25.1 Å². The number of aliphatic hydroxyl groups is 2. The molecule has 0 spiro atoms. The van der Waals surface area contributed by atoms with Gasteiger partial charge in [-0.1, -0.05) is 29.8 Å². The number of rotatable bonds is 5. The Labute approximate surface area is 123 Å². The molecule has 1 unspecified atom stereocenters. The zero-order chi connectivity index (χ0) is 14.5. The predicted octanol–water partition coefficient (Wildman–Crippen LogP) is 3.72. The summed E-state index contributed by atoms with van der Waals surface area (Å²) in [6.07, 6.45) is 0.0729. The smallest absolute Gasteiger partial charge is 0.146 e. The average Bonchev–Trinajstić information content (AvgIpc) is 2.43. The van der Waals surface area contributed by atoms with Crippen molar-refractivity contribution in [2.45, 2.75) is 19.4 Å². The van der Waals surface area contributed by atoms with Crippen LogP contribution in [0.4, 0.5) is 0 Å². The highest BCUT2D eigenvalue weighted by molar-refractivity contribution is 6.32. The van der Waals surface area contributed by atoms with Gasteiger partial charge in [0.1, 0.15) is 11.5 Å². The zero-order valence-corrected chi connectivity index (χ0v) is 12.0.